The van der Waals surface area contributed by atoms with Crippen molar-refractivity contribution in [2.75, 3.05) is 12.3 Å². The number of ether oxygens (including phenoxy) is 1. The van der Waals surface area contributed by atoms with Crippen LogP contribution in [0.3, 0.4) is 0 Å². The fourth-order valence-corrected chi connectivity index (χ4v) is 1.84. The number of halogens is 4. The van der Waals surface area contributed by atoms with Crippen LogP contribution in [-0.2, 0) is 10.9 Å². The van der Waals surface area contributed by atoms with Crippen molar-refractivity contribution < 1.29 is 22.7 Å². The molecule has 1 aromatic rings. The lowest BCUT2D eigenvalue weighted by Gasteiger charge is -2.14. The number of alkyl halides is 3. The Morgan fingerprint density at radius 2 is 2.06 bits per heavy atom. The molecule has 0 radical (unpaired) electrons. The first kappa shape index (κ1) is 13.8. The summed E-state index contributed by atoms with van der Waals surface area (Å²) in [6.07, 6.45) is -4.63. The molecular formula is C10H9BrF3NO2. The third-order valence-corrected chi connectivity index (χ3v) is 2.63. The minimum Gasteiger partial charge on any atom is -0.462 e. The van der Waals surface area contributed by atoms with Crippen LogP contribution < -0.4 is 5.73 Å². The summed E-state index contributed by atoms with van der Waals surface area (Å²) in [6, 6.07) is 2.30. The van der Waals surface area contributed by atoms with E-state index in [1.165, 1.54) is 6.07 Å². The molecule has 0 saturated heterocycles. The number of hydrogen-bond donors (Lipinski definition) is 1. The Hall–Kier alpha value is -1.24. The first-order chi connectivity index (χ1) is 7.79. The molecule has 0 atom stereocenters. The van der Waals surface area contributed by atoms with Gasteiger partial charge in [-0.2, -0.15) is 13.2 Å². The fraction of sp³-hybridized carbons (Fsp3) is 0.300. The van der Waals surface area contributed by atoms with Crippen LogP contribution in [0.25, 0.3) is 0 Å². The molecule has 2 N–H and O–H groups in total. The largest absolute Gasteiger partial charge is 0.462 e. The minimum atomic E-state index is -4.63. The van der Waals surface area contributed by atoms with Gasteiger partial charge in [-0.15, -0.1) is 0 Å². The number of hydrogen-bond acceptors (Lipinski definition) is 3. The van der Waals surface area contributed by atoms with Gasteiger partial charge in [0, 0.05) is 4.47 Å². The maximum absolute atomic E-state index is 12.7. The highest BCUT2D eigenvalue weighted by atomic mass is 79.9. The summed E-state index contributed by atoms with van der Waals surface area (Å²) in [7, 11) is 0. The molecule has 0 spiro atoms. The van der Waals surface area contributed by atoms with Gasteiger partial charge >= 0.3 is 12.1 Å². The lowest BCUT2D eigenvalue weighted by atomic mass is 10.1. The second-order valence-electron chi connectivity index (χ2n) is 3.10. The molecular weight excluding hydrogens is 303 g/mol. The minimum absolute atomic E-state index is 0.0652. The highest BCUT2D eigenvalue weighted by Gasteiger charge is 2.37. The Labute approximate surface area is 104 Å². The summed E-state index contributed by atoms with van der Waals surface area (Å²) < 4.78 is 42.4. The van der Waals surface area contributed by atoms with Crippen LogP contribution in [0.5, 0.6) is 0 Å². The van der Waals surface area contributed by atoms with E-state index in [0.29, 0.717) is 0 Å². The highest BCUT2D eigenvalue weighted by Crippen LogP contribution is 2.40. The third-order valence-electron chi connectivity index (χ3n) is 1.97. The van der Waals surface area contributed by atoms with Gasteiger partial charge in [0.25, 0.3) is 0 Å². The van der Waals surface area contributed by atoms with Crippen molar-refractivity contribution >= 4 is 27.6 Å². The van der Waals surface area contributed by atoms with Gasteiger partial charge in [-0.25, -0.2) is 4.79 Å². The maximum atomic E-state index is 12.7. The molecule has 0 heterocycles. The lowest BCUT2D eigenvalue weighted by molar-refractivity contribution is -0.137. The number of anilines is 1. The van der Waals surface area contributed by atoms with Gasteiger partial charge < -0.3 is 10.5 Å². The Morgan fingerprint density at radius 3 is 2.53 bits per heavy atom. The number of carbonyl (C=O) groups excluding carboxylic acids is 1. The summed E-state index contributed by atoms with van der Waals surface area (Å²) in [5, 5.41) is 0. The van der Waals surface area contributed by atoms with Gasteiger partial charge in [0.1, 0.15) is 0 Å². The molecule has 0 aliphatic heterocycles. The smallest absolute Gasteiger partial charge is 0.419 e. The van der Waals surface area contributed by atoms with Crippen molar-refractivity contribution in [3.63, 3.8) is 0 Å². The average molecular weight is 312 g/mol. The van der Waals surface area contributed by atoms with E-state index in [1.54, 1.807) is 6.92 Å². The first-order valence-corrected chi connectivity index (χ1v) is 5.40. The summed E-state index contributed by atoms with van der Waals surface area (Å²) in [5.74, 6) is -0.872. The van der Waals surface area contributed by atoms with Crippen molar-refractivity contribution in [1.82, 2.24) is 0 Å². The number of benzene rings is 1. The molecule has 0 bridgehead atoms. The van der Waals surface area contributed by atoms with E-state index < -0.39 is 23.4 Å². The molecule has 0 aliphatic rings. The molecule has 0 unspecified atom stereocenters. The molecule has 1 rings (SSSR count). The molecule has 0 amide bonds. The number of carbonyl (C=O) groups is 1. The van der Waals surface area contributed by atoms with Crippen LogP contribution >= 0.6 is 15.9 Å². The zero-order valence-corrected chi connectivity index (χ0v) is 10.4. The standard InChI is InChI=1S/C10H9BrF3NO2/c1-2-17-9(16)5-3-4-6(11)7(8(5)15)10(12,13)14/h3-4H,2,15H2,1H3. The molecule has 0 saturated carbocycles. The van der Waals surface area contributed by atoms with E-state index >= 15 is 0 Å². The van der Waals surface area contributed by atoms with E-state index in [2.05, 4.69) is 20.7 Å². The summed E-state index contributed by atoms with van der Waals surface area (Å²) in [6.45, 7) is 1.62. The predicted octanol–water partition coefficient (Wildman–Crippen LogP) is 3.23. The van der Waals surface area contributed by atoms with Crippen molar-refractivity contribution in [2.45, 2.75) is 13.1 Å². The second-order valence-corrected chi connectivity index (χ2v) is 3.96. The molecule has 94 valence electrons. The van der Waals surface area contributed by atoms with E-state index in [1.807, 2.05) is 0 Å². The predicted molar refractivity (Wildman–Crippen MR) is 59.5 cm³/mol. The Kier molecular flexibility index (Phi) is 4.03. The van der Waals surface area contributed by atoms with Crippen molar-refractivity contribution in [3.8, 4) is 0 Å². The quantitative estimate of drug-likeness (QED) is 0.674. The Bertz CT molecular complexity index is 446. The monoisotopic (exact) mass is 311 g/mol. The number of esters is 1. The van der Waals surface area contributed by atoms with Gasteiger partial charge in [-0.1, -0.05) is 15.9 Å². The third kappa shape index (κ3) is 2.91. The molecule has 0 aromatic heterocycles. The Morgan fingerprint density at radius 1 is 1.47 bits per heavy atom. The zero-order chi connectivity index (χ0) is 13.2. The average Bonchev–Trinajstić information content (AvgIpc) is 2.15. The fourth-order valence-electron chi connectivity index (χ4n) is 1.27. The normalized spacial score (nSPS) is 11.4. The van der Waals surface area contributed by atoms with E-state index in [9.17, 15) is 18.0 Å². The van der Waals surface area contributed by atoms with Crippen LogP contribution in [0.4, 0.5) is 18.9 Å². The molecule has 0 fully saturated rings. The van der Waals surface area contributed by atoms with Gasteiger partial charge in [0.2, 0.25) is 0 Å². The zero-order valence-electron chi connectivity index (χ0n) is 8.77. The first-order valence-electron chi connectivity index (χ1n) is 4.61. The number of nitrogen functional groups attached to an aromatic ring is 1. The summed E-state index contributed by atoms with van der Waals surface area (Å²) in [5.41, 5.74) is 3.36. The number of nitrogens with two attached hydrogens (primary N) is 1. The molecule has 0 aliphatic carbocycles. The van der Waals surface area contributed by atoms with Crippen molar-refractivity contribution in [2.24, 2.45) is 0 Å². The van der Waals surface area contributed by atoms with E-state index in [-0.39, 0.29) is 16.6 Å². The van der Waals surface area contributed by atoms with Crippen LogP contribution in [0, 0.1) is 0 Å². The van der Waals surface area contributed by atoms with Gasteiger partial charge in [-0.05, 0) is 19.1 Å². The van der Waals surface area contributed by atoms with Crippen molar-refractivity contribution in [3.05, 3.63) is 27.7 Å². The van der Waals surface area contributed by atoms with Crippen LogP contribution in [-0.4, -0.2) is 12.6 Å². The van der Waals surface area contributed by atoms with E-state index in [4.69, 9.17) is 5.73 Å². The Balaban J connectivity index is 3.34. The summed E-state index contributed by atoms with van der Waals surface area (Å²) in [4.78, 5) is 11.4. The maximum Gasteiger partial charge on any atom is 0.419 e. The van der Waals surface area contributed by atoms with E-state index in [0.717, 1.165) is 6.07 Å². The summed E-state index contributed by atoms with van der Waals surface area (Å²) >= 11 is 2.75. The van der Waals surface area contributed by atoms with Crippen LogP contribution in [0.2, 0.25) is 0 Å². The second kappa shape index (κ2) is 4.95. The van der Waals surface area contributed by atoms with Gasteiger partial charge in [0.15, 0.2) is 0 Å². The topological polar surface area (TPSA) is 52.3 Å². The van der Waals surface area contributed by atoms with Crippen LogP contribution in [0.1, 0.15) is 22.8 Å². The molecule has 1 aromatic carbocycles. The molecule has 3 nitrogen and oxygen atoms in total. The highest BCUT2D eigenvalue weighted by molar-refractivity contribution is 9.10. The van der Waals surface area contributed by atoms with Crippen LogP contribution in [0.15, 0.2) is 16.6 Å². The number of rotatable bonds is 2. The lowest BCUT2D eigenvalue weighted by Crippen LogP contribution is -2.15. The van der Waals surface area contributed by atoms with Gasteiger partial charge in [-0.3, -0.25) is 0 Å². The van der Waals surface area contributed by atoms with Crippen molar-refractivity contribution in [1.29, 1.82) is 0 Å². The molecule has 7 heteroatoms. The molecule has 17 heavy (non-hydrogen) atoms. The SMILES string of the molecule is CCOC(=O)c1ccc(Br)c(C(F)(F)F)c1N. The van der Waals surface area contributed by atoms with Gasteiger partial charge in [0.05, 0.1) is 23.4 Å².